The van der Waals surface area contributed by atoms with Gasteiger partial charge in [-0.05, 0) is 21.5 Å². The molecule has 0 fully saturated rings. The Hall–Kier alpha value is -1.83. The molecular formula is C34H36Cl2SiZr. The molecule has 38 heavy (non-hydrogen) atoms. The summed E-state index contributed by atoms with van der Waals surface area (Å²) in [4.78, 5) is 0. The Balaban J connectivity index is 0.000000286. The molecule has 0 aromatic heterocycles. The van der Waals surface area contributed by atoms with Gasteiger partial charge in [-0.3, -0.25) is 6.08 Å². The maximum absolute atomic E-state index is 3.36. The molecule has 4 heteroatoms. The maximum Gasteiger partial charge on any atom is -0.0106 e. The Morgan fingerprint density at radius 2 is 1.26 bits per heavy atom. The van der Waals surface area contributed by atoms with Crippen LogP contribution in [-0.4, -0.2) is 5.43 Å². The molecule has 1 aliphatic rings. The number of hydrogen-bond donors (Lipinski definition) is 0. The fourth-order valence-electron chi connectivity index (χ4n) is 4.82. The maximum atomic E-state index is 3.36. The van der Waals surface area contributed by atoms with E-state index in [4.69, 9.17) is 0 Å². The summed E-state index contributed by atoms with van der Waals surface area (Å²) in [5.74, 6) is 0.560. The van der Waals surface area contributed by atoms with E-state index < -0.39 is 0 Å². The quantitative estimate of drug-likeness (QED) is 0.0978. The van der Waals surface area contributed by atoms with Gasteiger partial charge in [-0.1, -0.05) is 92.9 Å². The molecule has 0 aliphatic heterocycles. The summed E-state index contributed by atoms with van der Waals surface area (Å²) in [5.41, 5.74) is 7.10. The topological polar surface area (TPSA) is 0 Å². The molecule has 0 radical (unpaired) electrons. The van der Waals surface area contributed by atoms with Crippen molar-refractivity contribution in [1.29, 1.82) is 0 Å². The second kappa shape index (κ2) is 14.5. The molecule has 5 aromatic rings. The van der Waals surface area contributed by atoms with Gasteiger partial charge in [0.2, 0.25) is 0 Å². The van der Waals surface area contributed by atoms with E-state index in [0.29, 0.717) is 5.92 Å². The Morgan fingerprint density at radius 3 is 1.82 bits per heavy atom. The normalized spacial score (nSPS) is 14.1. The molecule has 0 spiro atoms. The molecule has 0 nitrogen and oxygen atoms in total. The van der Waals surface area contributed by atoms with Crippen molar-refractivity contribution < 1.29 is 23.3 Å². The third-order valence-corrected chi connectivity index (χ3v) is 6.98. The molecule has 0 bridgehead atoms. The first kappa shape index (κ1) is 32.4. The predicted octanol–water partition coefficient (Wildman–Crippen LogP) is 10.9. The van der Waals surface area contributed by atoms with Crippen LogP contribution < -0.4 is 0 Å². The van der Waals surface area contributed by atoms with Crippen LogP contribution in [0.3, 0.4) is 0 Å². The first-order valence-electron chi connectivity index (χ1n) is 12.6. The minimum Gasteiger partial charge on any atom is -0.150 e. The molecule has 0 amide bonds. The van der Waals surface area contributed by atoms with Gasteiger partial charge in [-0.25, -0.2) is 5.57 Å². The van der Waals surface area contributed by atoms with Crippen LogP contribution in [0.1, 0.15) is 27.7 Å². The van der Waals surface area contributed by atoms with Crippen LogP contribution in [0.2, 0.25) is 13.1 Å². The van der Waals surface area contributed by atoms with Crippen molar-refractivity contribution in [2.24, 2.45) is 5.92 Å². The van der Waals surface area contributed by atoms with Crippen molar-refractivity contribution in [3.05, 3.63) is 114 Å². The van der Waals surface area contributed by atoms with Gasteiger partial charge < -0.3 is 0 Å². The summed E-state index contributed by atoms with van der Waals surface area (Å²) >= 11 is 1.74. The van der Waals surface area contributed by atoms with Crippen LogP contribution in [0.25, 0.3) is 43.4 Å². The van der Waals surface area contributed by atoms with E-state index in [0.717, 1.165) is 0 Å². The van der Waals surface area contributed by atoms with E-state index in [1.54, 1.807) is 23.3 Å². The van der Waals surface area contributed by atoms with Crippen LogP contribution >= 0.6 is 24.8 Å². The fourth-order valence-corrected chi connectivity index (χ4v) is 4.82. The zero-order valence-electron chi connectivity index (χ0n) is 23.1. The summed E-state index contributed by atoms with van der Waals surface area (Å²) in [6, 6.07) is 32.8. The van der Waals surface area contributed by atoms with E-state index in [2.05, 4.69) is 138 Å². The van der Waals surface area contributed by atoms with E-state index in [1.165, 1.54) is 60.2 Å². The molecule has 1 unspecified atom stereocenters. The van der Waals surface area contributed by atoms with Gasteiger partial charge in [0.25, 0.3) is 0 Å². The van der Waals surface area contributed by atoms with Crippen molar-refractivity contribution in [2.45, 2.75) is 40.8 Å². The monoisotopic (exact) mass is 632 g/mol. The van der Waals surface area contributed by atoms with Crippen molar-refractivity contribution in [1.82, 2.24) is 0 Å². The Kier molecular flexibility index (Phi) is 12.4. The Bertz CT molecular complexity index is 1620. The first-order valence-corrected chi connectivity index (χ1v) is 18.8. The number of allylic oxidation sites excluding steroid dienone is 4. The summed E-state index contributed by atoms with van der Waals surface area (Å²) in [7, 11) is 0. The van der Waals surface area contributed by atoms with Crippen LogP contribution in [-0.2, 0) is 23.3 Å². The molecule has 0 heterocycles. The Morgan fingerprint density at radius 1 is 0.737 bits per heavy atom. The summed E-state index contributed by atoms with van der Waals surface area (Å²) in [6.45, 7) is 13.3. The summed E-state index contributed by atoms with van der Waals surface area (Å²) in [6.07, 6.45) is 3.36. The smallest absolute Gasteiger partial charge is 0.0106 e. The molecule has 194 valence electrons. The molecule has 5 aromatic carbocycles. The number of halogens is 2. The van der Waals surface area contributed by atoms with Gasteiger partial charge in [-0.2, -0.15) is 11.1 Å². The van der Waals surface area contributed by atoms with Gasteiger partial charge in [0, 0.05) is 0 Å². The molecular weight excluding hydrogens is 599 g/mol. The average molecular weight is 635 g/mol. The van der Waals surface area contributed by atoms with Crippen LogP contribution in [0.5, 0.6) is 0 Å². The number of benzene rings is 4. The van der Waals surface area contributed by atoms with Gasteiger partial charge >= 0.3 is 41.9 Å². The van der Waals surface area contributed by atoms with Crippen LogP contribution in [0.4, 0.5) is 0 Å². The predicted molar refractivity (Wildman–Crippen MR) is 172 cm³/mol. The van der Waals surface area contributed by atoms with Crippen LogP contribution in [0, 0.1) is 12.0 Å². The minimum absolute atomic E-state index is 0. The average Bonchev–Trinajstić information content (AvgIpc) is 3.40. The number of hydrogen-bond acceptors (Lipinski definition) is 0. The summed E-state index contributed by atoms with van der Waals surface area (Å²) in [5, 5.41) is 7.90. The minimum atomic E-state index is 0. The SMILES string of the molecule is CC1=[C-]C(C)C(C)=C1C.C[Si](C)=[Zr+2].Cl.Cl.c1ccc2c(c1)cc(-c1c[cH-]c3ccccc13)c1ccccc12. The molecule has 1 aliphatic carbocycles. The van der Waals surface area contributed by atoms with Crippen LogP contribution in [0.15, 0.2) is 108 Å². The van der Waals surface area contributed by atoms with E-state index in [-0.39, 0.29) is 30.2 Å². The Labute approximate surface area is 255 Å². The third kappa shape index (κ3) is 7.22. The zero-order valence-corrected chi connectivity index (χ0v) is 28.1. The largest absolute Gasteiger partial charge is 0.150 e. The molecule has 0 N–H and O–H groups in total. The van der Waals surface area contributed by atoms with Crippen molar-refractivity contribution in [3.63, 3.8) is 0 Å². The van der Waals surface area contributed by atoms with Gasteiger partial charge in [0.15, 0.2) is 0 Å². The van der Waals surface area contributed by atoms with Crippen molar-refractivity contribution in [3.8, 4) is 11.1 Å². The van der Waals surface area contributed by atoms with Gasteiger partial charge in [0.05, 0.1) is 0 Å². The first-order chi connectivity index (χ1) is 17.3. The second-order valence-electron chi connectivity index (χ2n) is 9.82. The van der Waals surface area contributed by atoms with Crippen molar-refractivity contribution >= 4 is 62.6 Å². The molecule has 0 saturated heterocycles. The molecule has 1 atom stereocenters. The number of fused-ring (bicyclic) bond motifs is 4. The fraction of sp³-hybridized carbons (Fsp3) is 0.206. The molecule has 0 saturated carbocycles. The zero-order chi connectivity index (χ0) is 25.8. The van der Waals surface area contributed by atoms with Crippen molar-refractivity contribution in [2.75, 3.05) is 0 Å². The second-order valence-corrected chi connectivity index (χ2v) is 19.2. The van der Waals surface area contributed by atoms with E-state index in [9.17, 15) is 0 Å². The van der Waals surface area contributed by atoms with E-state index in [1.807, 2.05) is 0 Å². The van der Waals surface area contributed by atoms with Gasteiger partial charge in [0.1, 0.15) is 0 Å². The number of rotatable bonds is 1. The van der Waals surface area contributed by atoms with Gasteiger partial charge in [-0.15, -0.1) is 78.4 Å². The third-order valence-electron chi connectivity index (χ3n) is 6.98. The standard InChI is InChI=1S/C23H15.C9H13.C2H6Si.2ClH.Zr/c1-3-9-18-16(7-1)13-14-22(18)23-15-17-8-2-4-10-19(17)20-11-5-6-12-21(20)23;1-6-5-7(2)9(4)8(6)3;1-3-2;;;/h1-15H;6H,1-4H3;1-2H3;2*1H;/q2*-1;;;;+2. The summed E-state index contributed by atoms with van der Waals surface area (Å²) < 4.78 is 0. The van der Waals surface area contributed by atoms with E-state index >= 15 is 0 Å². The molecule has 6 rings (SSSR count).